The van der Waals surface area contributed by atoms with Crippen molar-refractivity contribution >= 4 is 24.0 Å². The third-order valence-electron chi connectivity index (χ3n) is 6.55. The van der Waals surface area contributed by atoms with E-state index in [9.17, 15) is 22.8 Å². The first-order chi connectivity index (χ1) is 18.9. The SMILES string of the molecule is CC(C)(C)OC(=O)N1CCC(c2ccc(Nc3ncc(C(F)(F)F)c(CCc4cc(C=O)ccn4)n3)cc2)CC1. The molecule has 2 aromatic heterocycles. The lowest BCUT2D eigenvalue weighted by atomic mass is 9.89. The summed E-state index contributed by atoms with van der Waals surface area (Å²) in [7, 11) is 0. The molecular weight excluding hydrogens is 523 g/mol. The van der Waals surface area contributed by atoms with Crippen LogP contribution in [0.2, 0.25) is 0 Å². The summed E-state index contributed by atoms with van der Waals surface area (Å²) in [5, 5.41) is 2.99. The molecule has 0 unspecified atom stereocenters. The number of rotatable bonds is 7. The van der Waals surface area contributed by atoms with Gasteiger partial charge in [0.05, 0.1) is 11.3 Å². The van der Waals surface area contributed by atoms with Gasteiger partial charge in [-0.3, -0.25) is 9.78 Å². The fourth-order valence-electron chi connectivity index (χ4n) is 4.55. The Hall–Kier alpha value is -4.02. The summed E-state index contributed by atoms with van der Waals surface area (Å²) in [5.41, 5.74) is 1.07. The van der Waals surface area contributed by atoms with Gasteiger partial charge in [-0.25, -0.2) is 14.8 Å². The number of pyridine rings is 1. The second kappa shape index (κ2) is 12.0. The number of halogens is 3. The zero-order valence-corrected chi connectivity index (χ0v) is 22.7. The van der Waals surface area contributed by atoms with E-state index in [1.54, 1.807) is 11.0 Å². The van der Waals surface area contributed by atoms with Gasteiger partial charge in [-0.15, -0.1) is 0 Å². The van der Waals surface area contributed by atoms with E-state index in [1.807, 2.05) is 45.0 Å². The fraction of sp³-hybridized carbons (Fsp3) is 0.414. The lowest BCUT2D eigenvalue weighted by Crippen LogP contribution is -2.41. The number of aryl methyl sites for hydroxylation is 2. The highest BCUT2D eigenvalue weighted by Gasteiger charge is 2.35. The van der Waals surface area contributed by atoms with Crippen molar-refractivity contribution in [2.45, 2.75) is 64.1 Å². The minimum Gasteiger partial charge on any atom is -0.444 e. The van der Waals surface area contributed by atoms with Crippen LogP contribution in [0.3, 0.4) is 0 Å². The molecule has 11 heteroatoms. The largest absolute Gasteiger partial charge is 0.444 e. The first-order valence-corrected chi connectivity index (χ1v) is 13.1. The number of carbonyl (C=O) groups is 2. The molecule has 4 rings (SSSR count). The molecule has 0 spiro atoms. The molecule has 1 aliphatic rings. The number of piperidine rings is 1. The Kier molecular flexibility index (Phi) is 8.70. The maximum Gasteiger partial charge on any atom is 0.419 e. The Morgan fingerprint density at radius 3 is 2.40 bits per heavy atom. The number of hydrogen-bond donors (Lipinski definition) is 1. The predicted molar refractivity (Wildman–Crippen MR) is 144 cm³/mol. The van der Waals surface area contributed by atoms with Gasteiger partial charge in [-0.1, -0.05) is 12.1 Å². The standard InChI is InChI=1S/C29H32F3N5O3/c1-28(2,3)40-27(39)37-14-11-21(12-15-37)20-4-6-22(7-5-20)35-26-34-17-24(29(30,31)32)25(36-26)9-8-23-16-19(18-38)10-13-33-23/h4-7,10,13,16-18,21H,8-9,11-12,14-15H2,1-3H3,(H,34,35,36). The maximum absolute atomic E-state index is 13.6. The van der Waals surface area contributed by atoms with Crippen LogP contribution in [0.25, 0.3) is 0 Å². The van der Waals surface area contributed by atoms with Crippen molar-refractivity contribution in [3.05, 3.63) is 76.9 Å². The van der Waals surface area contributed by atoms with Crippen molar-refractivity contribution < 1.29 is 27.5 Å². The highest BCUT2D eigenvalue weighted by Crippen LogP contribution is 2.33. The van der Waals surface area contributed by atoms with E-state index in [2.05, 4.69) is 20.3 Å². The number of aromatic nitrogens is 3. The zero-order chi connectivity index (χ0) is 28.9. The lowest BCUT2D eigenvalue weighted by molar-refractivity contribution is -0.138. The van der Waals surface area contributed by atoms with Gasteiger partial charge in [0.25, 0.3) is 0 Å². The van der Waals surface area contributed by atoms with Crippen LogP contribution in [-0.2, 0) is 23.8 Å². The Labute approximate surface area is 231 Å². The van der Waals surface area contributed by atoms with E-state index in [1.165, 1.54) is 12.3 Å². The first kappa shape index (κ1) is 29.0. The van der Waals surface area contributed by atoms with E-state index >= 15 is 0 Å². The number of ether oxygens (including phenoxy) is 1. The van der Waals surface area contributed by atoms with Crippen LogP contribution in [0.15, 0.2) is 48.8 Å². The van der Waals surface area contributed by atoms with Crippen LogP contribution in [0, 0.1) is 0 Å². The van der Waals surface area contributed by atoms with Gasteiger partial charge >= 0.3 is 12.3 Å². The number of amides is 1. The molecule has 1 aromatic carbocycles. The monoisotopic (exact) mass is 555 g/mol. The number of aldehydes is 1. The summed E-state index contributed by atoms with van der Waals surface area (Å²) in [5.74, 6) is 0.337. The van der Waals surface area contributed by atoms with E-state index in [4.69, 9.17) is 4.74 Å². The number of hydrogen-bond acceptors (Lipinski definition) is 7. The molecule has 1 amide bonds. The van der Waals surface area contributed by atoms with Crippen LogP contribution in [0.4, 0.5) is 29.6 Å². The number of nitrogens with zero attached hydrogens (tertiary/aromatic N) is 4. The Morgan fingerprint density at radius 1 is 1.07 bits per heavy atom. The van der Waals surface area contributed by atoms with Crippen molar-refractivity contribution in [2.75, 3.05) is 18.4 Å². The second-order valence-electron chi connectivity index (χ2n) is 10.7. The average Bonchev–Trinajstić information content (AvgIpc) is 2.91. The molecule has 1 fully saturated rings. The van der Waals surface area contributed by atoms with Crippen molar-refractivity contribution in [3.63, 3.8) is 0 Å². The van der Waals surface area contributed by atoms with Gasteiger partial charge in [0.15, 0.2) is 0 Å². The Bertz CT molecular complexity index is 1330. The van der Waals surface area contributed by atoms with Crippen molar-refractivity contribution in [2.24, 2.45) is 0 Å². The molecule has 1 N–H and O–H groups in total. The summed E-state index contributed by atoms with van der Waals surface area (Å²) >= 11 is 0. The summed E-state index contributed by atoms with van der Waals surface area (Å²) in [6.45, 7) is 6.75. The maximum atomic E-state index is 13.6. The molecule has 1 aliphatic heterocycles. The average molecular weight is 556 g/mol. The molecule has 212 valence electrons. The highest BCUT2D eigenvalue weighted by molar-refractivity contribution is 5.74. The van der Waals surface area contributed by atoms with Gasteiger partial charge in [0.2, 0.25) is 5.95 Å². The third-order valence-corrected chi connectivity index (χ3v) is 6.55. The number of anilines is 2. The van der Waals surface area contributed by atoms with Crippen LogP contribution in [0.5, 0.6) is 0 Å². The molecule has 3 heterocycles. The van der Waals surface area contributed by atoms with E-state index in [0.717, 1.165) is 24.6 Å². The smallest absolute Gasteiger partial charge is 0.419 e. The van der Waals surface area contributed by atoms with Crippen LogP contribution in [-0.4, -0.2) is 50.9 Å². The van der Waals surface area contributed by atoms with Gasteiger partial charge < -0.3 is 15.0 Å². The minimum absolute atomic E-state index is 0.0255. The van der Waals surface area contributed by atoms with E-state index < -0.39 is 17.3 Å². The van der Waals surface area contributed by atoms with E-state index in [-0.39, 0.29) is 36.5 Å². The van der Waals surface area contributed by atoms with Crippen molar-refractivity contribution in [3.8, 4) is 0 Å². The number of benzene rings is 1. The number of carbonyl (C=O) groups excluding carboxylic acids is 2. The van der Waals surface area contributed by atoms with Gasteiger partial charge in [0, 0.05) is 42.4 Å². The third kappa shape index (κ3) is 7.77. The lowest BCUT2D eigenvalue weighted by Gasteiger charge is -2.33. The normalized spacial score (nSPS) is 14.6. The minimum atomic E-state index is -4.60. The summed E-state index contributed by atoms with van der Waals surface area (Å²) in [6, 6.07) is 10.7. The first-order valence-electron chi connectivity index (χ1n) is 13.1. The quantitative estimate of drug-likeness (QED) is 0.340. The molecule has 40 heavy (non-hydrogen) atoms. The van der Waals surface area contributed by atoms with Crippen molar-refractivity contribution in [1.82, 2.24) is 19.9 Å². The zero-order valence-electron chi connectivity index (χ0n) is 22.7. The predicted octanol–water partition coefficient (Wildman–Crippen LogP) is 6.35. The molecule has 0 bridgehead atoms. The molecule has 0 radical (unpaired) electrons. The fourth-order valence-corrected chi connectivity index (χ4v) is 4.55. The second-order valence-corrected chi connectivity index (χ2v) is 10.7. The number of nitrogens with one attached hydrogen (secondary N) is 1. The molecule has 1 saturated heterocycles. The number of alkyl halides is 3. The van der Waals surface area contributed by atoms with Gasteiger partial charge in [0.1, 0.15) is 11.9 Å². The summed E-state index contributed by atoms with van der Waals surface area (Å²) < 4.78 is 46.3. The highest BCUT2D eigenvalue weighted by atomic mass is 19.4. The molecule has 0 atom stereocenters. The molecule has 0 aliphatic carbocycles. The van der Waals surface area contributed by atoms with Gasteiger partial charge in [-0.05, 0) is 82.2 Å². The van der Waals surface area contributed by atoms with Crippen LogP contribution >= 0.6 is 0 Å². The van der Waals surface area contributed by atoms with Crippen molar-refractivity contribution in [1.29, 1.82) is 0 Å². The van der Waals surface area contributed by atoms with E-state index in [0.29, 0.717) is 36.3 Å². The van der Waals surface area contributed by atoms with Gasteiger partial charge in [-0.2, -0.15) is 13.2 Å². The Balaban J connectivity index is 1.40. The van der Waals surface area contributed by atoms with Crippen LogP contribution < -0.4 is 5.32 Å². The molecule has 8 nitrogen and oxygen atoms in total. The number of likely N-dealkylation sites (tertiary alicyclic amines) is 1. The molecule has 3 aromatic rings. The summed E-state index contributed by atoms with van der Waals surface area (Å²) in [6.07, 6.45) is -0.233. The van der Waals surface area contributed by atoms with Crippen LogP contribution in [0.1, 0.15) is 72.4 Å². The Morgan fingerprint density at radius 2 is 1.77 bits per heavy atom. The summed E-state index contributed by atoms with van der Waals surface area (Å²) in [4.78, 5) is 37.2. The topological polar surface area (TPSA) is 97.3 Å². The molecular formula is C29H32F3N5O3. The molecule has 0 saturated carbocycles.